The second-order valence-corrected chi connectivity index (χ2v) is 4.44. The van der Waals surface area contributed by atoms with E-state index in [-0.39, 0.29) is 0 Å². The lowest BCUT2D eigenvalue weighted by molar-refractivity contribution is 0.333. The van der Waals surface area contributed by atoms with Crippen LogP contribution in [0, 0.1) is 0 Å². The van der Waals surface area contributed by atoms with E-state index >= 15 is 0 Å². The van der Waals surface area contributed by atoms with Crippen LogP contribution in [0.3, 0.4) is 0 Å². The Morgan fingerprint density at radius 1 is 1.29 bits per heavy atom. The highest BCUT2D eigenvalue weighted by atomic mass is 32.1. The fourth-order valence-corrected chi connectivity index (χ4v) is 2.22. The van der Waals surface area contributed by atoms with Crippen molar-refractivity contribution in [2.45, 2.75) is 13.3 Å². The SMILES string of the molecule is CCc1csc(NCCOc2ccccc2)n1. The Morgan fingerprint density at radius 2 is 2.12 bits per heavy atom. The summed E-state index contributed by atoms with van der Waals surface area (Å²) in [6, 6.07) is 9.83. The molecule has 1 aromatic carbocycles. The maximum Gasteiger partial charge on any atom is 0.182 e. The molecule has 0 saturated carbocycles. The third-order valence-corrected chi connectivity index (χ3v) is 3.15. The summed E-state index contributed by atoms with van der Waals surface area (Å²) in [6.45, 7) is 3.52. The van der Waals surface area contributed by atoms with Gasteiger partial charge in [-0.3, -0.25) is 0 Å². The number of nitrogens with one attached hydrogen (secondary N) is 1. The van der Waals surface area contributed by atoms with Gasteiger partial charge in [-0.1, -0.05) is 25.1 Å². The molecule has 0 bridgehead atoms. The maximum atomic E-state index is 5.58. The van der Waals surface area contributed by atoms with Gasteiger partial charge in [0.2, 0.25) is 0 Å². The molecule has 0 atom stereocenters. The largest absolute Gasteiger partial charge is 0.492 e. The van der Waals surface area contributed by atoms with Gasteiger partial charge in [0.05, 0.1) is 12.2 Å². The molecule has 0 fully saturated rings. The van der Waals surface area contributed by atoms with Crippen molar-refractivity contribution in [1.82, 2.24) is 4.98 Å². The minimum absolute atomic E-state index is 0.644. The van der Waals surface area contributed by atoms with Gasteiger partial charge in [0.1, 0.15) is 12.4 Å². The van der Waals surface area contributed by atoms with Gasteiger partial charge in [-0.05, 0) is 18.6 Å². The smallest absolute Gasteiger partial charge is 0.182 e. The fourth-order valence-electron chi connectivity index (χ4n) is 1.39. The van der Waals surface area contributed by atoms with Crippen molar-refractivity contribution in [2.24, 2.45) is 0 Å². The highest BCUT2D eigenvalue weighted by molar-refractivity contribution is 7.13. The van der Waals surface area contributed by atoms with Crippen LogP contribution in [0.25, 0.3) is 0 Å². The van der Waals surface area contributed by atoms with Crippen LogP contribution in [0.15, 0.2) is 35.7 Å². The van der Waals surface area contributed by atoms with Crippen molar-refractivity contribution in [1.29, 1.82) is 0 Å². The van der Waals surface area contributed by atoms with Crippen LogP contribution < -0.4 is 10.1 Å². The predicted octanol–water partition coefficient (Wildman–Crippen LogP) is 3.20. The number of hydrogen-bond donors (Lipinski definition) is 1. The molecular weight excluding hydrogens is 232 g/mol. The normalized spacial score (nSPS) is 10.2. The molecule has 2 aromatic rings. The first-order valence-electron chi connectivity index (χ1n) is 5.74. The summed E-state index contributed by atoms with van der Waals surface area (Å²) in [5.41, 5.74) is 1.14. The van der Waals surface area contributed by atoms with Gasteiger partial charge in [-0.25, -0.2) is 4.98 Å². The maximum absolute atomic E-state index is 5.58. The first-order valence-corrected chi connectivity index (χ1v) is 6.62. The zero-order valence-corrected chi connectivity index (χ0v) is 10.7. The lowest BCUT2D eigenvalue weighted by Crippen LogP contribution is -2.11. The number of benzene rings is 1. The van der Waals surface area contributed by atoms with E-state index < -0.39 is 0 Å². The van der Waals surface area contributed by atoms with E-state index in [0.29, 0.717) is 6.61 Å². The van der Waals surface area contributed by atoms with Crippen LogP contribution >= 0.6 is 11.3 Å². The second kappa shape index (κ2) is 6.25. The standard InChI is InChI=1S/C13H16N2OS/c1-2-11-10-17-13(15-11)14-8-9-16-12-6-4-3-5-7-12/h3-7,10H,2,8-9H2,1H3,(H,14,15). The number of aryl methyl sites for hydroxylation is 1. The Hall–Kier alpha value is -1.55. The molecule has 17 heavy (non-hydrogen) atoms. The van der Waals surface area contributed by atoms with E-state index in [1.807, 2.05) is 30.3 Å². The van der Waals surface area contributed by atoms with Gasteiger partial charge in [-0.2, -0.15) is 0 Å². The quantitative estimate of drug-likeness (QED) is 0.797. The van der Waals surface area contributed by atoms with Crippen LogP contribution in [-0.2, 0) is 6.42 Å². The van der Waals surface area contributed by atoms with E-state index in [0.717, 1.165) is 29.5 Å². The fraction of sp³-hybridized carbons (Fsp3) is 0.308. The van der Waals surface area contributed by atoms with Gasteiger partial charge >= 0.3 is 0 Å². The molecule has 0 aliphatic heterocycles. The van der Waals surface area contributed by atoms with E-state index in [4.69, 9.17) is 4.74 Å². The zero-order valence-electron chi connectivity index (χ0n) is 9.85. The molecule has 1 aromatic heterocycles. The number of thiazole rings is 1. The molecule has 0 aliphatic carbocycles. The Morgan fingerprint density at radius 3 is 2.82 bits per heavy atom. The van der Waals surface area contributed by atoms with Gasteiger partial charge in [-0.15, -0.1) is 11.3 Å². The first kappa shape index (κ1) is 11.9. The van der Waals surface area contributed by atoms with Crippen molar-refractivity contribution in [2.75, 3.05) is 18.5 Å². The monoisotopic (exact) mass is 248 g/mol. The molecule has 1 N–H and O–H groups in total. The van der Waals surface area contributed by atoms with E-state index in [1.165, 1.54) is 0 Å². The Labute approximate surface area is 105 Å². The molecule has 0 amide bonds. The number of ether oxygens (including phenoxy) is 1. The topological polar surface area (TPSA) is 34.1 Å². The van der Waals surface area contributed by atoms with Gasteiger partial charge in [0.25, 0.3) is 0 Å². The van der Waals surface area contributed by atoms with Crippen LogP contribution in [0.5, 0.6) is 5.75 Å². The number of aromatic nitrogens is 1. The molecule has 0 spiro atoms. The molecule has 90 valence electrons. The molecule has 1 heterocycles. The molecule has 4 heteroatoms. The Balaban J connectivity index is 1.69. The molecule has 3 nitrogen and oxygen atoms in total. The van der Waals surface area contributed by atoms with Crippen LogP contribution in [0.2, 0.25) is 0 Å². The number of nitrogens with zero attached hydrogens (tertiary/aromatic N) is 1. The molecule has 2 rings (SSSR count). The number of hydrogen-bond acceptors (Lipinski definition) is 4. The first-order chi connectivity index (χ1) is 8.38. The Bertz CT molecular complexity index is 442. The van der Waals surface area contributed by atoms with Crippen LogP contribution in [0.1, 0.15) is 12.6 Å². The minimum Gasteiger partial charge on any atom is -0.492 e. The predicted molar refractivity (Wildman–Crippen MR) is 71.9 cm³/mol. The van der Waals surface area contributed by atoms with Gasteiger partial charge < -0.3 is 10.1 Å². The third-order valence-electron chi connectivity index (χ3n) is 2.30. The van der Waals surface area contributed by atoms with Crippen molar-refractivity contribution >= 4 is 16.5 Å². The summed E-state index contributed by atoms with van der Waals surface area (Å²) >= 11 is 1.64. The van der Waals surface area contributed by atoms with Gasteiger partial charge in [0.15, 0.2) is 5.13 Å². The lowest BCUT2D eigenvalue weighted by atomic mass is 10.3. The van der Waals surface area contributed by atoms with Crippen molar-refractivity contribution in [3.8, 4) is 5.75 Å². The summed E-state index contributed by atoms with van der Waals surface area (Å²) in [6.07, 6.45) is 0.985. The molecule has 0 saturated heterocycles. The van der Waals surface area contributed by atoms with E-state index in [2.05, 4.69) is 22.6 Å². The molecular formula is C13H16N2OS. The lowest BCUT2D eigenvalue weighted by Gasteiger charge is -2.06. The average molecular weight is 248 g/mol. The second-order valence-electron chi connectivity index (χ2n) is 3.59. The number of anilines is 1. The van der Waals surface area contributed by atoms with Crippen LogP contribution in [0.4, 0.5) is 5.13 Å². The summed E-state index contributed by atoms with van der Waals surface area (Å²) < 4.78 is 5.58. The molecule has 0 unspecified atom stereocenters. The highest BCUT2D eigenvalue weighted by Gasteiger charge is 1.99. The summed E-state index contributed by atoms with van der Waals surface area (Å²) in [4.78, 5) is 4.43. The van der Waals surface area contributed by atoms with Crippen molar-refractivity contribution in [3.63, 3.8) is 0 Å². The van der Waals surface area contributed by atoms with Crippen molar-refractivity contribution < 1.29 is 4.74 Å². The van der Waals surface area contributed by atoms with Gasteiger partial charge in [0, 0.05) is 5.38 Å². The number of para-hydroxylation sites is 1. The summed E-state index contributed by atoms with van der Waals surface area (Å²) in [5.74, 6) is 0.905. The molecule has 0 radical (unpaired) electrons. The molecule has 0 aliphatic rings. The minimum atomic E-state index is 0.644. The highest BCUT2D eigenvalue weighted by Crippen LogP contribution is 2.15. The van der Waals surface area contributed by atoms with E-state index in [1.54, 1.807) is 11.3 Å². The number of rotatable bonds is 6. The summed E-state index contributed by atoms with van der Waals surface area (Å²) in [7, 11) is 0. The third kappa shape index (κ3) is 3.75. The Kier molecular flexibility index (Phi) is 4.38. The average Bonchev–Trinajstić information content (AvgIpc) is 2.84. The van der Waals surface area contributed by atoms with Crippen LogP contribution in [-0.4, -0.2) is 18.1 Å². The van der Waals surface area contributed by atoms with Crippen molar-refractivity contribution in [3.05, 3.63) is 41.4 Å². The zero-order chi connectivity index (χ0) is 11.9. The van der Waals surface area contributed by atoms with E-state index in [9.17, 15) is 0 Å². The summed E-state index contributed by atoms with van der Waals surface area (Å²) in [5, 5.41) is 6.31.